The maximum Gasteiger partial charge on any atom is 0.100 e. The Kier molecular flexibility index (Phi) is 4.14. The normalized spacial score (nSPS) is 37.9. The highest BCUT2D eigenvalue weighted by atomic mass is 16.3. The van der Waals surface area contributed by atoms with E-state index in [2.05, 4.69) is 73.3 Å². The van der Waals surface area contributed by atoms with Gasteiger partial charge in [0.05, 0.1) is 17.1 Å². The zero-order valence-corrected chi connectivity index (χ0v) is 19.8. The molecule has 3 aromatic rings. The largest absolute Gasteiger partial charge is 0.393 e. The molecule has 1 heterocycles. The zero-order valence-electron chi connectivity index (χ0n) is 19.8. The number of aliphatic hydroxyl groups is 1. The molecule has 2 aromatic carbocycles. The van der Waals surface area contributed by atoms with Gasteiger partial charge in [-0.25, -0.2) is 4.98 Å². The predicted molar refractivity (Wildman–Crippen MR) is 135 cm³/mol. The van der Waals surface area contributed by atoms with Crippen molar-refractivity contribution < 1.29 is 5.11 Å². The van der Waals surface area contributed by atoms with Crippen molar-refractivity contribution in [3.05, 3.63) is 60.5 Å². The molecule has 0 amide bonds. The smallest absolute Gasteiger partial charge is 0.100 e. The van der Waals surface area contributed by atoms with Crippen molar-refractivity contribution in [1.29, 1.82) is 0 Å². The van der Waals surface area contributed by atoms with Crippen LogP contribution in [0.1, 0.15) is 58.8 Å². The first kappa shape index (κ1) is 20.0. The van der Waals surface area contributed by atoms with Crippen LogP contribution in [0.15, 0.2) is 60.5 Å². The second-order valence-electron chi connectivity index (χ2n) is 11.7. The molecule has 0 aliphatic heterocycles. The molecule has 0 saturated heterocycles. The van der Waals surface area contributed by atoms with Gasteiger partial charge >= 0.3 is 0 Å². The maximum absolute atomic E-state index is 10.3. The van der Waals surface area contributed by atoms with E-state index in [-0.39, 0.29) is 11.5 Å². The van der Waals surface area contributed by atoms with Crippen molar-refractivity contribution in [3.8, 4) is 0 Å². The molecule has 0 spiro atoms. The van der Waals surface area contributed by atoms with Crippen LogP contribution < -0.4 is 0 Å². The molecule has 1 aromatic heterocycles. The van der Waals surface area contributed by atoms with Crippen molar-refractivity contribution >= 4 is 27.5 Å². The molecule has 0 bridgehead atoms. The van der Waals surface area contributed by atoms with Gasteiger partial charge in [0.25, 0.3) is 0 Å². The molecule has 3 unspecified atom stereocenters. The Morgan fingerprint density at radius 2 is 1.73 bits per heavy atom. The highest BCUT2D eigenvalue weighted by Gasteiger charge is 2.57. The molecule has 6 atom stereocenters. The van der Waals surface area contributed by atoms with Crippen LogP contribution in [0.5, 0.6) is 0 Å². The molecular weight excluding hydrogens is 404 g/mol. The molecule has 7 rings (SSSR count). The molecule has 0 radical (unpaired) electrons. The van der Waals surface area contributed by atoms with Crippen LogP contribution in [-0.4, -0.2) is 20.8 Å². The number of allylic oxidation sites excluding steroid dienone is 3. The maximum atomic E-state index is 10.3. The van der Waals surface area contributed by atoms with E-state index in [0.29, 0.717) is 11.3 Å². The van der Waals surface area contributed by atoms with Crippen LogP contribution in [0.25, 0.3) is 27.5 Å². The summed E-state index contributed by atoms with van der Waals surface area (Å²) in [6, 6.07) is 13.2. The summed E-state index contributed by atoms with van der Waals surface area (Å²) in [5.74, 6) is 2.21. The Bertz CT molecular complexity index is 1330. The van der Waals surface area contributed by atoms with E-state index in [1.54, 1.807) is 5.57 Å². The third-order valence-electron chi connectivity index (χ3n) is 10.3. The van der Waals surface area contributed by atoms with E-state index in [4.69, 9.17) is 4.98 Å². The third kappa shape index (κ3) is 2.69. The molecule has 3 heteroatoms. The van der Waals surface area contributed by atoms with Crippen LogP contribution in [0.4, 0.5) is 0 Å². The number of aromatic nitrogens is 2. The summed E-state index contributed by atoms with van der Waals surface area (Å²) < 4.78 is 2.41. The summed E-state index contributed by atoms with van der Waals surface area (Å²) in [5, 5.41) is 12.8. The number of hydrogen-bond acceptors (Lipinski definition) is 2. The Balaban J connectivity index is 1.27. The average Bonchev–Trinajstić information content (AvgIpc) is 3.37. The van der Waals surface area contributed by atoms with Gasteiger partial charge in [0.1, 0.15) is 6.33 Å². The molecule has 170 valence electrons. The minimum atomic E-state index is -0.125. The molecule has 4 aliphatic rings. The highest BCUT2D eigenvalue weighted by Crippen LogP contribution is 2.65. The van der Waals surface area contributed by atoms with Crippen molar-refractivity contribution in [2.45, 2.75) is 64.9 Å². The lowest BCUT2D eigenvalue weighted by atomic mass is 9.48. The lowest BCUT2D eigenvalue weighted by molar-refractivity contribution is -0.0249. The summed E-state index contributed by atoms with van der Waals surface area (Å²) in [6.45, 7) is 5.05. The monoisotopic (exact) mass is 438 g/mol. The second kappa shape index (κ2) is 6.82. The van der Waals surface area contributed by atoms with Crippen molar-refractivity contribution in [2.75, 3.05) is 0 Å². The van der Waals surface area contributed by atoms with E-state index >= 15 is 0 Å². The molecule has 4 aliphatic carbocycles. The molecule has 1 N–H and O–H groups in total. The highest BCUT2D eigenvalue weighted by molar-refractivity contribution is 5.96. The van der Waals surface area contributed by atoms with Crippen LogP contribution in [-0.2, 0) is 0 Å². The Morgan fingerprint density at radius 1 is 0.939 bits per heavy atom. The Hall–Kier alpha value is -2.39. The number of fused-ring (bicyclic) bond motifs is 7. The predicted octanol–water partition coefficient (Wildman–Crippen LogP) is 6.96. The third-order valence-corrected chi connectivity index (χ3v) is 10.3. The number of benzene rings is 2. The van der Waals surface area contributed by atoms with Crippen LogP contribution in [0, 0.1) is 28.6 Å². The minimum absolute atomic E-state index is 0.125. The molecule has 2 fully saturated rings. The summed E-state index contributed by atoms with van der Waals surface area (Å²) >= 11 is 0. The van der Waals surface area contributed by atoms with E-state index in [0.717, 1.165) is 36.6 Å². The fourth-order valence-electron chi connectivity index (χ4n) is 8.45. The topological polar surface area (TPSA) is 38.0 Å². The van der Waals surface area contributed by atoms with Gasteiger partial charge in [-0.2, -0.15) is 0 Å². The van der Waals surface area contributed by atoms with Gasteiger partial charge in [0, 0.05) is 11.1 Å². The first-order valence-corrected chi connectivity index (χ1v) is 12.9. The van der Waals surface area contributed by atoms with E-state index in [1.807, 2.05) is 0 Å². The van der Waals surface area contributed by atoms with Gasteiger partial charge in [0.2, 0.25) is 0 Å². The zero-order chi connectivity index (χ0) is 22.4. The quantitative estimate of drug-likeness (QED) is 0.417. The number of imidazole rings is 1. The van der Waals surface area contributed by atoms with Crippen LogP contribution in [0.3, 0.4) is 0 Å². The summed E-state index contributed by atoms with van der Waals surface area (Å²) in [5.41, 5.74) is 5.87. The summed E-state index contributed by atoms with van der Waals surface area (Å²) in [4.78, 5) is 4.82. The van der Waals surface area contributed by atoms with Gasteiger partial charge in [0.15, 0.2) is 0 Å². The Labute approximate surface area is 196 Å². The Morgan fingerprint density at radius 3 is 2.58 bits per heavy atom. The number of rotatable bonds is 1. The van der Waals surface area contributed by atoms with E-state index in [9.17, 15) is 5.11 Å². The average molecular weight is 439 g/mol. The second-order valence-corrected chi connectivity index (χ2v) is 11.7. The molecule has 33 heavy (non-hydrogen) atoms. The van der Waals surface area contributed by atoms with Crippen molar-refractivity contribution in [1.82, 2.24) is 9.55 Å². The number of hydrogen-bond donors (Lipinski definition) is 1. The lowest BCUT2D eigenvalue weighted by Gasteiger charge is -2.57. The summed E-state index contributed by atoms with van der Waals surface area (Å²) in [7, 11) is 0. The van der Waals surface area contributed by atoms with Gasteiger partial charge < -0.3 is 9.67 Å². The number of nitrogens with zero attached hydrogens (tertiary/aromatic N) is 2. The van der Waals surface area contributed by atoms with Gasteiger partial charge in [-0.15, -0.1) is 0 Å². The van der Waals surface area contributed by atoms with E-state index < -0.39 is 0 Å². The van der Waals surface area contributed by atoms with E-state index in [1.165, 1.54) is 47.7 Å². The van der Waals surface area contributed by atoms with Crippen molar-refractivity contribution in [2.24, 2.45) is 28.6 Å². The molecular formula is C30H34N2O. The first-order valence-electron chi connectivity index (χ1n) is 12.9. The lowest BCUT2D eigenvalue weighted by Crippen LogP contribution is -2.50. The van der Waals surface area contributed by atoms with Gasteiger partial charge in [-0.3, -0.25) is 0 Å². The first-order chi connectivity index (χ1) is 16.0. The standard InChI is InChI=1S/C30H34N2O/c1-29-13-11-22(33)17-21(29)7-8-23-24-9-10-28(30(24,2)14-12-25(23)29)32-18-31-26-15-19-5-3-4-6-20(19)16-27(26)32/h3-7,10,15-16,18,22-25,33H,8-9,11-14,17H2,1-2H3/t22-,23?,24?,25?,29-,30-/m0/s1. The molecule has 3 nitrogen and oxygen atoms in total. The fourth-order valence-corrected chi connectivity index (χ4v) is 8.45. The van der Waals surface area contributed by atoms with Crippen LogP contribution in [0.2, 0.25) is 0 Å². The minimum Gasteiger partial charge on any atom is -0.393 e. The van der Waals surface area contributed by atoms with Crippen LogP contribution >= 0.6 is 0 Å². The summed E-state index contributed by atoms with van der Waals surface area (Å²) in [6.07, 6.45) is 15.0. The molecule has 2 saturated carbocycles. The van der Waals surface area contributed by atoms with Crippen molar-refractivity contribution in [3.63, 3.8) is 0 Å². The SMILES string of the molecule is C[C@]12CC[C@H](O)CC1=CCC1C2CC[C@]2(C)C(n3cnc4cc5ccccc5cc43)=CCC12. The number of aliphatic hydroxyl groups excluding tert-OH is 1. The van der Waals surface area contributed by atoms with Gasteiger partial charge in [-0.1, -0.05) is 55.8 Å². The fraction of sp³-hybridized carbons (Fsp3) is 0.500. The van der Waals surface area contributed by atoms with Gasteiger partial charge in [-0.05, 0) is 91.0 Å².